The predicted octanol–water partition coefficient (Wildman–Crippen LogP) is 0.917. The Balaban J connectivity index is 1.79. The van der Waals surface area contributed by atoms with Gasteiger partial charge in [-0.05, 0) is 32.9 Å². The average molecular weight is 220 g/mol. The molecule has 0 saturated carbocycles. The topological polar surface area (TPSA) is 41.9 Å². The largest absolute Gasteiger partial charge is 0.317 e. The second-order valence-electron chi connectivity index (χ2n) is 5.06. The Morgan fingerprint density at radius 1 is 1.50 bits per heavy atom. The van der Waals surface area contributed by atoms with E-state index in [9.17, 15) is 0 Å². The van der Waals surface area contributed by atoms with E-state index in [4.69, 9.17) is 0 Å². The summed E-state index contributed by atoms with van der Waals surface area (Å²) in [6, 6.07) is 0.537. The number of aromatic nitrogens is 2. The molecule has 1 aromatic rings. The number of nitrogens with zero attached hydrogens (tertiary/aromatic N) is 2. The molecule has 2 aliphatic heterocycles. The molecule has 1 spiro atoms. The van der Waals surface area contributed by atoms with E-state index in [1.807, 2.05) is 10.9 Å². The van der Waals surface area contributed by atoms with E-state index < -0.39 is 0 Å². The van der Waals surface area contributed by atoms with E-state index in [2.05, 4.69) is 28.9 Å². The fourth-order valence-corrected chi connectivity index (χ4v) is 3.06. The van der Waals surface area contributed by atoms with Gasteiger partial charge < -0.3 is 10.6 Å². The van der Waals surface area contributed by atoms with Crippen molar-refractivity contribution in [3.63, 3.8) is 0 Å². The van der Waals surface area contributed by atoms with Crippen molar-refractivity contribution in [2.75, 3.05) is 19.6 Å². The maximum atomic E-state index is 4.38. The number of hydrogen-bond donors (Lipinski definition) is 2. The predicted molar refractivity (Wildman–Crippen MR) is 63.2 cm³/mol. The van der Waals surface area contributed by atoms with Crippen LogP contribution in [0.25, 0.3) is 0 Å². The third-order valence-electron chi connectivity index (χ3n) is 4.18. The molecule has 3 rings (SSSR count). The molecule has 2 N–H and O–H groups in total. The van der Waals surface area contributed by atoms with Gasteiger partial charge in [-0.15, -0.1) is 0 Å². The first kappa shape index (κ1) is 10.3. The fraction of sp³-hybridized carbons (Fsp3) is 0.750. The number of aryl methyl sites for hydroxylation is 1. The molecule has 2 aliphatic rings. The summed E-state index contributed by atoms with van der Waals surface area (Å²) < 4.78 is 2.02. The Labute approximate surface area is 96.4 Å². The van der Waals surface area contributed by atoms with Gasteiger partial charge in [0.2, 0.25) is 0 Å². The van der Waals surface area contributed by atoms with Crippen LogP contribution in [0.3, 0.4) is 0 Å². The van der Waals surface area contributed by atoms with Crippen LogP contribution in [0.15, 0.2) is 12.4 Å². The van der Waals surface area contributed by atoms with Gasteiger partial charge in [0.25, 0.3) is 0 Å². The number of piperidine rings is 1. The zero-order valence-electron chi connectivity index (χ0n) is 9.87. The first-order valence-corrected chi connectivity index (χ1v) is 6.30. The Hall–Kier alpha value is -0.870. The second kappa shape index (κ2) is 3.86. The Bertz CT molecular complexity index is 365. The highest BCUT2D eigenvalue weighted by molar-refractivity contribution is 5.20. The second-order valence-corrected chi connectivity index (χ2v) is 5.06. The molecule has 3 heterocycles. The molecule has 4 heteroatoms. The molecule has 1 unspecified atom stereocenters. The zero-order valence-corrected chi connectivity index (χ0v) is 9.87. The SMILES string of the molecule is CCn1cc(C2NCC23CCNCC3)cn1. The molecule has 0 aliphatic carbocycles. The lowest BCUT2D eigenvalue weighted by Crippen LogP contribution is -2.59. The van der Waals surface area contributed by atoms with Crippen molar-refractivity contribution in [3.8, 4) is 0 Å². The van der Waals surface area contributed by atoms with Gasteiger partial charge in [-0.25, -0.2) is 0 Å². The summed E-state index contributed by atoms with van der Waals surface area (Å²) in [6.45, 7) is 6.60. The van der Waals surface area contributed by atoms with Crippen LogP contribution in [0.4, 0.5) is 0 Å². The lowest BCUT2D eigenvalue weighted by Gasteiger charge is -2.52. The highest BCUT2D eigenvalue weighted by Crippen LogP contribution is 2.47. The molecule has 1 aromatic heterocycles. The first-order chi connectivity index (χ1) is 7.84. The number of nitrogens with one attached hydrogen (secondary N) is 2. The van der Waals surface area contributed by atoms with Crippen LogP contribution in [0.1, 0.15) is 31.4 Å². The van der Waals surface area contributed by atoms with E-state index in [0.717, 1.165) is 6.54 Å². The highest BCUT2D eigenvalue weighted by atomic mass is 15.3. The first-order valence-electron chi connectivity index (χ1n) is 6.30. The van der Waals surface area contributed by atoms with Crippen LogP contribution in [0, 0.1) is 5.41 Å². The number of hydrogen-bond acceptors (Lipinski definition) is 3. The monoisotopic (exact) mass is 220 g/mol. The molecular weight excluding hydrogens is 200 g/mol. The molecule has 2 fully saturated rings. The molecule has 0 radical (unpaired) electrons. The summed E-state index contributed by atoms with van der Waals surface area (Å²) in [6.07, 6.45) is 6.81. The van der Waals surface area contributed by atoms with Crippen molar-refractivity contribution >= 4 is 0 Å². The van der Waals surface area contributed by atoms with E-state index in [0.29, 0.717) is 11.5 Å². The molecule has 16 heavy (non-hydrogen) atoms. The molecule has 88 valence electrons. The Morgan fingerprint density at radius 2 is 2.31 bits per heavy atom. The van der Waals surface area contributed by atoms with Gasteiger partial charge in [0, 0.05) is 36.3 Å². The third-order valence-corrected chi connectivity index (χ3v) is 4.18. The van der Waals surface area contributed by atoms with Gasteiger partial charge in [0.1, 0.15) is 0 Å². The van der Waals surface area contributed by atoms with Crippen LogP contribution in [0.5, 0.6) is 0 Å². The minimum absolute atomic E-state index is 0.507. The maximum absolute atomic E-state index is 4.38. The van der Waals surface area contributed by atoms with E-state index in [-0.39, 0.29) is 0 Å². The van der Waals surface area contributed by atoms with Crippen molar-refractivity contribution in [1.29, 1.82) is 0 Å². The lowest BCUT2D eigenvalue weighted by molar-refractivity contribution is 0.0436. The molecule has 2 saturated heterocycles. The Kier molecular flexibility index (Phi) is 2.48. The van der Waals surface area contributed by atoms with Crippen molar-refractivity contribution < 1.29 is 0 Å². The van der Waals surface area contributed by atoms with Crippen LogP contribution in [-0.2, 0) is 6.54 Å². The molecule has 0 bridgehead atoms. The van der Waals surface area contributed by atoms with Gasteiger partial charge in [-0.1, -0.05) is 0 Å². The summed E-state index contributed by atoms with van der Waals surface area (Å²) in [4.78, 5) is 0. The summed E-state index contributed by atoms with van der Waals surface area (Å²) in [5, 5.41) is 11.4. The quantitative estimate of drug-likeness (QED) is 0.778. The third kappa shape index (κ3) is 1.48. The normalized spacial score (nSPS) is 27.9. The van der Waals surface area contributed by atoms with Crippen LogP contribution in [-0.4, -0.2) is 29.4 Å². The maximum Gasteiger partial charge on any atom is 0.0537 e. The minimum atomic E-state index is 0.507. The molecule has 1 atom stereocenters. The number of rotatable bonds is 2. The van der Waals surface area contributed by atoms with Crippen molar-refractivity contribution in [3.05, 3.63) is 18.0 Å². The van der Waals surface area contributed by atoms with Gasteiger partial charge in [-0.3, -0.25) is 4.68 Å². The van der Waals surface area contributed by atoms with E-state index in [1.165, 1.54) is 38.0 Å². The summed E-state index contributed by atoms with van der Waals surface area (Å²) in [7, 11) is 0. The molecule has 4 nitrogen and oxygen atoms in total. The molecular formula is C12H20N4. The lowest BCUT2D eigenvalue weighted by atomic mass is 9.65. The van der Waals surface area contributed by atoms with E-state index >= 15 is 0 Å². The molecule has 0 aromatic carbocycles. The van der Waals surface area contributed by atoms with Crippen molar-refractivity contribution in [2.45, 2.75) is 32.4 Å². The Morgan fingerprint density at radius 3 is 2.88 bits per heavy atom. The van der Waals surface area contributed by atoms with Crippen molar-refractivity contribution in [1.82, 2.24) is 20.4 Å². The summed E-state index contributed by atoms with van der Waals surface area (Å²) in [5.74, 6) is 0. The van der Waals surface area contributed by atoms with Crippen LogP contribution in [0.2, 0.25) is 0 Å². The molecule has 0 amide bonds. The fourth-order valence-electron chi connectivity index (χ4n) is 3.06. The summed E-state index contributed by atoms with van der Waals surface area (Å²) in [5.41, 5.74) is 1.88. The average Bonchev–Trinajstić information content (AvgIpc) is 2.77. The van der Waals surface area contributed by atoms with Gasteiger partial charge in [0.05, 0.1) is 6.20 Å². The van der Waals surface area contributed by atoms with Gasteiger partial charge in [0.15, 0.2) is 0 Å². The standard InChI is InChI=1S/C12H20N4/c1-2-16-8-10(7-15-16)11-12(9-14-11)3-5-13-6-4-12/h7-8,11,13-14H,2-6,9H2,1H3. The minimum Gasteiger partial charge on any atom is -0.317 e. The van der Waals surface area contributed by atoms with E-state index in [1.54, 1.807) is 0 Å². The highest BCUT2D eigenvalue weighted by Gasteiger charge is 2.47. The summed E-state index contributed by atoms with van der Waals surface area (Å²) >= 11 is 0. The zero-order chi connectivity index (χ0) is 11.0. The van der Waals surface area contributed by atoms with Gasteiger partial charge >= 0.3 is 0 Å². The van der Waals surface area contributed by atoms with Crippen LogP contribution < -0.4 is 10.6 Å². The van der Waals surface area contributed by atoms with Gasteiger partial charge in [-0.2, -0.15) is 5.10 Å². The van der Waals surface area contributed by atoms with Crippen molar-refractivity contribution in [2.24, 2.45) is 5.41 Å². The van der Waals surface area contributed by atoms with Crippen LogP contribution >= 0.6 is 0 Å². The smallest absolute Gasteiger partial charge is 0.0537 e.